The van der Waals surface area contributed by atoms with Gasteiger partial charge in [0.25, 0.3) is 0 Å². The summed E-state index contributed by atoms with van der Waals surface area (Å²) in [5.74, 6) is -0.673. The fourth-order valence-corrected chi connectivity index (χ4v) is 3.87. The van der Waals surface area contributed by atoms with Crippen molar-refractivity contribution >= 4 is 23.5 Å². The Bertz CT molecular complexity index is 509. The van der Waals surface area contributed by atoms with Crippen molar-refractivity contribution in [2.75, 3.05) is 26.4 Å². The molecule has 2 aliphatic rings. The van der Waals surface area contributed by atoms with E-state index in [1.54, 1.807) is 13.8 Å². The van der Waals surface area contributed by atoms with Crippen LogP contribution in [-0.2, 0) is 33.4 Å². The molecule has 0 radical (unpaired) electrons. The fourth-order valence-electron chi connectivity index (χ4n) is 3.87. The van der Waals surface area contributed by atoms with Crippen LogP contribution in [0.15, 0.2) is 0 Å². The van der Waals surface area contributed by atoms with Crippen LogP contribution >= 0.6 is 0 Å². The van der Waals surface area contributed by atoms with E-state index in [0.29, 0.717) is 25.7 Å². The molecule has 2 rings (SSSR count). The van der Waals surface area contributed by atoms with E-state index in [4.69, 9.17) is 14.2 Å². The molecule has 27 heavy (non-hydrogen) atoms. The Hall–Kier alpha value is -1.76. The molecule has 7 nitrogen and oxygen atoms in total. The third-order valence-corrected chi connectivity index (χ3v) is 5.63. The molecule has 0 heterocycles. The summed E-state index contributed by atoms with van der Waals surface area (Å²) in [5.41, 5.74) is 0. The molecule has 0 saturated heterocycles. The second-order valence-electron chi connectivity index (χ2n) is 7.58. The van der Waals surface area contributed by atoms with E-state index in [-0.39, 0.29) is 73.6 Å². The molecule has 0 aromatic heterocycles. The molecule has 0 aromatic carbocycles. The summed E-state index contributed by atoms with van der Waals surface area (Å²) in [6.45, 7) is 3.90. The van der Waals surface area contributed by atoms with Gasteiger partial charge in [0.2, 0.25) is 0 Å². The Balaban J connectivity index is 1.48. The fraction of sp³-hybridized carbons (Fsp3) is 0.800. The van der Waals surface area contributed by atoms with Crippen molar-refractivity contribution in [1.29, 1.82) is 0 Å². The standard InChI is InChI=1S/C20H30O7/c1-13(21)15-3-5-17(11-15)19(23)26-9-7-25-8-10-27-20(24)18-6-4-16(12-18)14(2)22/h15-18H,3-12H2,1-2H3. The van der Waals surface area contributed by atoms with Crippen molar-refractivity contribution in [1.82, 2.24) is 0 Å². The molecule has 152 valence electrons. The number of carbonyl (C=O) groups is 4. The Morgan fingerprint density at radius 1 is 0.630 bits per heavy atom. The van der Waals surface area contributed by atoms with Gasteiger partial charge in [-0.15, -0.1) is 0 Å². The molecule has 7 heteroatoms. The summed E-state index contributed by atoms with van der Waals surface area (Å²) >= 11 is 0. The average Bonchev–Trinajstić information content (AvgIpc) is 3.30. The number of rotatable bonds is 10. The summed E-state index contributed by atoms with van der Waals surface area (Å²) in [6.07, 6.45) is 4.07. The quantitative estimate of drug-likeness (QED) is 0.422. The van der Waals surface area contributed by atoms with E-state index < -0.39 is 0 Å². The molecule has 0 N–H and O–H groups in total. The second-order valence-corrected chi connectivity index (χ2v) is 7.58. The van der Waals surface area contributed by atoms with E-state index in [1.807, 2.05) is 0 Å². The van der Waals surface area contributed by atoms with Crippen LogP contribution in [0.3, 0.4) is 0 Å². The lowest BCUT2D eigenvalue weighted by molar-refractivity contribution is -0.151. The first-order valence-corrected chi connectivity index (χ1v) is 9.80. The van der Waals surface area contributed by atoms with E-state index in [2.05, 4.69) is 0 Å². The van der Waals surface area contributed by atoms with Crippen molar-refractivity contribution in [2.24, 2.45) is 23.7 Å². The minimum absolute atomic E-state index is 0.0147. The number of carbonyl (C=O) groups excluding carboxylic acids is 4. The Morgan fingerprint density at radius 2 is 1.00 bits per heavy atom. The van der Waals surface area contributed by atoms with Crippen LogP contribution in [0.4, 0.5) is 0 Å². The molecule has 0 bridgehead atoms. The molecule has 0 amide bonds. The molecule has 4 unspecified atom stereocenters. The van der Waals surface area contributed by atoms with Crippen molar-refractivity contribution in [3.8, 4) is 0 Å². The molecule has 2 aliphatic carbocycles. The SMILES string of the molecule is CC(=O)C1CCC(C(=O)OCCOCCOC(=O)C2CCC(C(C)=O)C2)C1. The molecular weight excluding hydrogens is 352 g/mol. The molecule has 2 saturated carbocycles. The van der Waals surface area contributed by atoms with Gasteiger partial charge in [-0.3, -0.25) is 19.2 Å². The van der Waals surface area contributed by atoms with E-state index in [0.717, 1.165) is 12.8 Å². The molecule has 2 fully saturated rings. The topological polar surface area (TPSA) is 96.0 Å². The number of ketones is 2. The van der Waals surface area contributed by atoms with Gasteiger partial charge in [-0.05, 0) is 52.4 Å². The highest BCUT2D eigenvalue weighted by molar-refractivity contribution is 5.81. The normalized spacial score (nSPS) is 27.3. The van der Waals surface area contributed by atoms with Crippen LogP contribution < -0.4 is 0 Å². The second kappa shape index (κ2) is 10.5. The maximum Gasteiger partial charge on any atom is 0.309 e. The van der Waals surface area contributed by atoms with Gasteiger partial charge in [0.15, 0.2) is 0 Å². The van der Waals surface area contributed by atoms with E-state index in [1.165, 1.54) is 0 Å². The summed E-state index contributed by atoms with van der Waals surface area (Å²) in [6, 6.07) is 0. The maximum atomic E-state index is 11.9. The third-order valence-electron chi connectivity index (χ3n) is 5.63. The zero-order valence-electron chi connectivity index (χ0n) is 16.2. The highest BCUT2D eigenvalue weighted by Gasteiger charge is 2.34. The molecular formula is C20H30O7. The monoisotopic (exact) mass is 382 g/mol. The molecule has 0 aliphatic heterocycles. The summed E-state index contributed by atoms with van der Waals surface area (Å²) in [5, 5.41) is 0. The minimum Gasteiger partial charge on any atom is -0.463 e. The van der Waals surface area contributed by atoms with Gasteiger partial charge >= 0.3 is 11.9 Å². The lowest BCUT2D eigenvalue weighted by Gasteiger charge is -2.12. The van der Waals surface area contributed by atoms with Crippen molar-refractivity contribution in [3.63, 3.8) is 0 Å². The largest absolute Gasteiger partial charge is 0.463 e. The van der Waals surface area contributed by atoms with Crippen LogP contribution in [-0.4, -0.2) is 49.9 Å². The number of ether oxygens (including phenoxy) is 3. The van der Waals surface area contributed by atoms with Crippen molar-refractivity contribution in [2.45, 2.75) is 52.4 Å². The number of hydrogen-bond donors (Lipinski definition) is 0. The minimum atomic E-state index is -0.268. The zero-order valence-corrected chi connectivity index (χ0v) is 16.2. The van der Waals surface area contributed by atoms with Gasteiger partial charge in [0.05, 0.1) is 25.0 Å². The van der Waals surface area contributed by atoms with E-state index >= 15 is 0 Å². The average molecular weight is 382 g/mol. The smallest absolute Gasteiger partial charge is 0.309 e. The Morgan fingerprint density at radius 3 is 1.33 bits per heavy atom. The van der Waals surface area contributed by atoms with Gasteiger partial charge in [0, 0.05) is 11.8 Å². The Labute approximate surface area is 160 Å². The van der Waals surface area contributed by atoms with Gasteiger partial charge in [0.1, 0.15) is 24.8 Å². The number of Topliss-reactive ketones (excluding diaryl/α,β-unsaturated/α-hetero) is 2. The van der Waals surface area contributed by atoms with Gasteiger partial charge in [-0.1, -0.05) is 0 Å². The first-order valence-electron chi connectivity index (χ1n) is 9.80. The molecule has 4 atom stereocenters. The number of hydrogen-bond acceptors (Lipinski definition) is 7. The van der Waals surface area contributed by atoms with Crippen molar-refractivity contribution in [3.05, 3.63) is 0 Å². The predicted molar refractivity (Wildman–Crippen MR) is 95.8 cm³/mol. The van der Waals surface area contributed by atoms with Crippen molar-refractivity contribution < 1.29 is 33.4 Å². The van der Waals surface area contributed by atoms with Crippen LogP contribution in [0.5, 0.6) is 0 Å². The Kier molecular flexibility index (Phi) is 8.41. The van der Waals surface area contributed by atoms with Crippen LogP contribution in [0.1, 0.15) is 52.4 Å². The highest BCUT2D eigenvalue weighted by Crippen LogP contribution is 2.33. The summed E-state index contributed by atoms with van der Waals surface area (Å²) < 4.78 is 15.7. The first-order chi connectivity index (χ1) is 12.9. The lowest BCUT2D eigenvalue weighted by Crippen LogP contribution is -2.21. The highest BCUT2D eigenvalue weighted by atomic mass is 16.6. The van der Waals surface area contributed by atoms with Gasteiger partial charge in [-0.25, -0.2) is 0 Å². The number of esters is 2. The van der Waals surface area contributed by atoms with E-state index in [9.17, 15) is 19.2 Å². The molecule has 0 aromatic rings. The van der Waals surface area contributed by atoms with Crippen LogP contribution in [0.2, 0.25) is 0 Å². The zero-order chi connectivity index (χ0) is 19.8. The maximum absolute atomic E-state index is 11.9. The van der Waals surface area contributed by atoms with Crippen LogP contribution in [0.25, 0.3) is 0 Å². The van der Waals surface area contributed by atoms with Crippen LogP contribution in [0, 0.1) is 23.7 Å². The predicted octanol–water partition coefficient (Wildman–Crippen LogP) is 2.10. The van der Waals surface area contributed by atoms with Gasteiger partial charge in [-0.2, -0.15) is 0 Å². The van der Waals surface area contributed by atoms with Gasteiger partial charge < -0.3 is 14.2 Å². The summed E-state index contributed by atoms with van der Waals surface area (Å²) in [7, 11) is 0. The third kappa shape index (κ3) is 6.72. The summed E-state index contributed by atoms with van der Waals surface area (Å²) in [4.78, 5) is 46.5. The first kappa shape index (κ1) is 21.5. The lowest BCUT2D eigenvalue weighted by atomic mass is 10.0. The molecule has 0 spiro atoms.